The molecule has 1 aliphatic rings. The largest absolute Gasteiger partial charge is 0.493 e. The van der Waals surface area contributed by atoms with Crippen molar-refractivity contribution >= 4 is 11.6 Å². The summed E-state index contributed by atoms with van der Waals surface area (Å²) in [7, 11) is 1.57. The molecule has 32 heavy (non-hydrogen) atoms. The summed E-state index contributed by atoms with van der Waals surface area (Å²) in [5.41, 5.74) is 1.50. The first-order valence-electron chi connectivity index (χ1n) is 10.5. The smallest absolute Gasteiger partial charge is 0.235 e. The molecule has 0 saturated carbocycles. The molecule has 6 nitrogen and oxygen atoms in total. The van der Waals surface area contributed by atoms with Crippen LogP contribution in [0.1, 0.15) is 24.0 Å². The lowest BCUT2D eigenvalue weighted by Crippen LogP contribution is -2.44. The number of pyridine rings is 1. The van der Waals surface area contributed by atoms with Gasteiger partial charge >= 0.3 is 0 Å². The summed E-state index contributed by atoms with van der Waals surface area (Å²) in [4.78, 5) is 17.6. The Labute approximate surface area is 186 Å². The monoisotopic (exact) mass is 436 g/mol. The first-order chi connectivity index (χ1) is 15.6. The first-order valence-corrected chi connectivity index (χ1v) is 10.5. The van der Waals surface area contributed by atoms with Gasteiger partial charge in [-0.05, 0) is 48.7 Å². The second-order valence-corrected chi connectivity index (χ2v) is 7.67. The molecule has 1 fully saturated rings. The second kappa shape index (κ2) is 9.78. The number of hydrogen-bond acceptors (Lipinski definition) is 5. The van der Waals surface area contributed by atoms with Gasteiger partial charge in [-0.25, -0.2) is 4.39 Å². The highest BCUT2D eigenvalue weighted by molar-refractivity contribution is 5.99. The zero-order valence-electron chi connectivity index (χ0n) is 17.8. The lowest BCUT2D eigenvalue weighted by atomic mass is 9.73. The first kappa shape index (κ1) is 21.8. The number of hydrogen-bond donors (Lipinski definition) is 1. The molecule has 166 valence electrons. The maximum Gasteiger partial charge on any atom is 0.235 e. The van der Waals surface area contributed by atoms with Crippen molar-refractivity contribution in [3.8, 4) is 11.5 Å². The number of methoxy groups -OCH3 is 1. The number of nitrogens with one attached hydrogen (secondary N) is 1. The van der Waals surface area contributed by atoms with Gasteiger partial charge in [0.2, 0.25) is 5.91 Å². The van der Waals surface area contributed by atoms with Crippen molar-refractivity contribution in [2.75, 3.05) is 25.6 Å². The Morgan fingerprint density at radius 1 is 1.12 bits per heavy atom. The van der Waals surface area contributed by atoms with Gasteiger partial charge in [-0.3, -0.25) is 9.78 Å². The average Bonchev–Trinajstić information content (AvgIpc) is 2.84. The lowest BCUT2D eigenvalue weighted by molar-refractivity contribution is -0.125. The van der Waals surface area contributed by atoms with E-state index in [9.17, 15) is 9.18 Å². The molecule has 1 aliphatic heterocycles. The van der Waals surface area contributed by atoms with E-state index in [0.717, 1.165) is 11.1 Å². The molecule has 2 heterocycles. The topological polar surface area (TPSA) is 69.7 Å². The van der Waals surface area contributed by atoms with Gasteiger partial charge in [0.05, 0.1) is 12.5 Å². The normalized spacial score (nSPS) is 15.1. The highest BCUT2D eigenvalue weighted by Gasteiger charge is 2.41. The van der Waals surface area contributed by atoms with Crippen molar-refractivity contribution in [3.05, 3.63) is 83.9 Å². The van der Waals surface area contributed by atoms with Crippen LogP contribution >= 0.6 is 0 Å². The Bertz CT molecular complexity index is 1050. The van der Waals surface area contributed by atoms with E-state index in [0.29, 0.717) is 49.8 Å². The van der Waals surface area contributed by atoms with E-state index in [1.54, 1.807) is 49.8 Å². The molecule has 1 N–H and O–H groups in total. The van der Waals surface area contributed by atoms with Crippen LogP contribution in [0.15, 0.2) is 67.0 Å². The van der Waals surface area contributed by atoms with E-state index >= 15 is 0 Å². The average molecular weight is 436 g/mol. The minimum absolute atomic E-state index is 0.157. The van der Waals surface area contributed by atoms with Gasteiger partial charge in [0.15, 0.2) is 11.5 Å². The molecule has 0 radical (unpaired) electrons. The summed E-state index contributed by atoms with van der Waals surface area (Å²) in [5.74, 6) is 0.584. The fourth-order valence-corrected chi connectivity index (χ4v) is 3.90. The molecular weight excluding hydrogens is 411 g/mol. The maximum atomic E-state index is 13.5. The van der Waals surface area contributed by atoms with Gasteiger partial charge in [-0.2, -0.15) is 0 Å². The van der Waals surface area contributed by atoms with Crippen LogP contribution in [0.25, 0.3) is 0 Å². The predicted octanol–water partition coefficient (Wildman–Crippen LogP) is 4.50. The van der Waals surface area contributed by atoms with Crippen LogP contribution in [0.2, 0.25) is 0 Å². The predicted molar refractivity (Wildman–Crippen MR) is 118 cm³/mol. The van der Waals surface area contributed by atoms with Crippen LogP contribution in [0.5, 0.6) is 11.5 Å². The van der Waals surface area contributed by atoms with Crippen LogP contribution in [0.3, 0.4) is 0 Å². The van der Waals surface area contributed by atoms with E-state index in [2.05, 4.69) is 10.3 Å². The summed E-state index contributed by atoms with van der Waals surface area (Å²) >= 11 is 0. The van der Waals surface area contributed by atoms with E-state index in [1.165, 1.54) is 12.1 Å². The number of carbonyl (C=O) groups is 1. The molecule has 2 aromatic carbocycles. The number of carbonyl (C=O) groups excluding carboxylic acids is 1. The van der Waals surface area contributed by atoms with E-state index in [4.69, 9.17) is 14.2 Å². The molecule has 0 unspecified atom stereocenters. The van der Waals surface area contributed by atoms with E-state index < -0.39 is 5.41 Å². The standard InChI is InChI=1S/C25H25FN2O4/c1-30-22-9-8-21(15-23(22)32-17-18-3-2-12-27-16-18)28-24(29)25(10-13-31-14-11-25)19-4-6-20(26)7-5-19/h2-9,12,15-16H,10-11,13-14,17H2,1H3,(H,28,29). The Morgan fingerprint density at radius 3 is 2.59 bits per heavy atom. The Hall–Kier alpha value is -3.45. The molecule has 0 atom stereocenters. The highest BCUT2D eigenvalue weighted by atomic mass is 19.1. The van der Waals surface area contributed by atoms with Crippen LogP contribution in [-0.4, -0.2) is 31.2 Å². The molecule has 0 spiro atoms. The molecule has 1 amide bonds. The number of aromatic nitrogens is 1. The highest BCUT2D eigenvalue weighted by Crippen LogP contribution is 2.37. The van der Waals surface area contributed by atoms with Gasteiger partial charge in [-0.1, -0.05) is 18.2 Å². The third-order valence-electron chi connectivity index (χ3n) is 5.72. The van der Waals surface area contributed by atoms with Crippen molar-refractivity contribution in [1.29, 1.82) is 0 Å². The summed E-state index contributed by atoms with van der Waals surface area (Å²) < 4.78 is 30.3. The molecule has 1 aromatic heterocycles. The van der Waals surface area contributed by atoms with Gasteiger partial charge in [-0.15, -0.1) is 0 Å². The van der Waals surface area contributed by atoms with Crippen LogP contribution in [0.4, 0.5) is 10.1 Å². The zero-order chi connectivity index (χ0) is 22.4. The summed E-state index contributed by atoms with van der Waals surface area (Å²) in [5, 5.41) is 3.02. The maximum absolute atomic E-state index is 13.5. The van der Waals surface area contributed by atoms with Gasteiger partial charge < -0.3 is 19.5 Å². The third-order valence-corrected chi connectivity index (χ3v) is 5.72. The molecule has 0 bridgehead atoms. The number of amides is 1. The molecule has 0 aliphatic carbocycles. The molecule has 1 saturated heterocycles. The molecular formula is C25H25FN2O4. The van der Waals surface area contributed by atoms with Gasteiger partial charge in [0.1, 0.15) is 12.4 Å². The van der Waals surface area contributed by atoms with Crippen LogP contribution in [-0.2, 0) is 21.6 Å². The zero-order valence-corrected chi connectivity index (χ0v) is 17.8. The molecule has 3 aromatic rings. The summed E-state index contributed by atoms with van der Waals surface area (Å²) in [6.07, 6.45) is 4.47. The minimum Gasteiger partial charge on any atom is -0.493 e. The number of benzene rings is 2. The Balaban J connectivity index is 1.56. The fraction of sp³-hybridized carbons (Fsp3) is 0.280. The van der Waals surface area contributed by atoms with Crippen molar-refractivity contribution in [1.82, 2.24) is 4.98 Å². The quantitative estimate of drug-likeness (QED) is 0.591. The second-order valence-electron chi connectivity index (χ2n) is 7.67. The Kier molecular flexibility index (Phi) is 6.66. The van der Waals surface area contributed by atoms with Crippen LogP contribution < -0.4 is 14.8 Å². The number of anilines is 1. The van der Waals surface area contributed by atoms with Crippen molar-refractivity contribution < 1.29 is 23.4 Å². The summed E-state index contributed by atoms with van der Waals surface area (Å²) in [6.45, 7) is 1.25. The van der Waals surface area contributed by atoms with Crippen molar-refractivity contribution in [3.63, 3.8) is 0 Å². The van der Waals surface area contributed by atoms with E-state index in [1.807, 2.05) is 12.1 Å². The van der Waals surface area contributed by atoms with Gasteiger partial charge in [0, 0.05) is 42.9 Å². The number of nitrogens with zero attached hydrogens (tertiary/aromatic N) is 1. The number of rotatable bonds is 7. The molecule has 4 rings (SSSR count). The SMILES string of the molecule is COc1ccc(NC(=O)C2(c3ccc(F)cc3)CCOCC2)cc1OCc1cccnc1. The lowest BCUT2D eigenvalue weighted by Gasteiger charge is -2.36. The third kappa shape index (κ3) is 4.73. The summed E-state index contributed by atoms with van der Waals surface area (Å²) in [6, 6.07) is 15.2. The molecule has 7 heteroatoms. The Morgan fingerprint density at radius 2 is 1.91 bits per heavy atom. The van der Waals surface area contributed by atoms with Crippen LogP contribution in [0, 0.1) is 5.82 Å². The van der Waals surface area contributed by atoms with Crippen molar-refractivity contribution in [2.45, 2.75) is 24.9 Å². The number of halogens is 1. The minimum atomic E-state index is -0.789. The fourth-order valence-electron chi connectivity index (χ4n) is 3.90. The van der Waals surface area contributed by atoms with Crippen molar-refractivity contribution in [2.24, 2.45) is 0 Å². The van der Waals surface area contributed by atoms with E-state index in [-0.39, 0.29) is 11.7 Å². The number of ether oxygens (including phenoxy) is 3. The van der Waals surface area contributed by atoms with Gasteiger partial charge in [0.25, 0.3) is 0 Å².